The molecule has 0 spiro atoms. The molecule has 1 amide bonds. The predicted octanol–water partition coefficient (Wildman–Crippen LogP) is 1.88. The number of nitrogens with zero attached hydrogens (tertiary/aromatic N) is 1. The number of aromatic nitrogens is 2. The van der Waals surface area contributed by atoms with Crippen molar-refractivity contribution < 1.29 is 14.3 Å². The molecule has 0 aliphatic carbocycles. The minimum absolute atomic E-state index is 0.261. The maximum absolute atomic E-state index is 12.4. The van der Waals surface area contributed by atoms with E-state index in [1.165, 1.54) is 7.11 Å². The van der Waals surface area contributed by atoms with Crippen LogP contribution in [0.25, 0.3) is 10.9 Å². The van der Waals surface area contributed by atoms with E-state index in [1.54, 1.807) is 18.3 Å². The first-order chi connectivity index (χ1) is 10.0. The zero-order valence-electron chi connectivity index (χ0n) is 12.3. The number of amides is 1. The summed E-state index contributed by atoms with van der Waals surface area (Å²) in [5.74, 6) is -0.493. The van der Waals surface area contributed by atoms with Crippen LogP contribution in [-0.4, -0.2) is 35.2 Å². The topological polar surface area (TPSA) is 84.1 Å². The van der Waals surface area contributed by atoms with E-state index in [1.807, 2.05) is 19.9 Å². The molecule has 0 fully saturated rings. The molecular weight excluding hydrogens is 270 g/mol. The van der Waals surface area contributed by atoms with Crippen molar-refractivity contribution in [2.45, 2.75) is 26.3 Å². The lowest BCUT2D eigenvalue weighted by atomic mass is 10.0. The minimum atomic E-state index is -0.652. The van der Waals surface area contributed by atoms with Gasteiger partial charge in [0.25, 0.3) is 5.91 Å². The van der Waals surface area contributed by atoms with Crippen molar-refractivity contribution in [2.24, 2.45) is 5.92 Å². The highest BCUT2D eigenvalue weighted by Crippen LogP contribution is 2.16. The van der Waals surface area contributed by atoms with Gasteiger partial charge in [0.2, 0.25) is 0 Å². The Balaban J connectivity index is 2.22. The summed E-state index contributed by atoms with van der Waals surface area (Å²) < 4.78 is 4.75. The van der Waals surface area contributed by atoms with E-state index in [0.29, 0.717) is 17.5 Å². The zero-order valence-corrected chi connectivity index (χ0v) is 12.3. The normalized spacial score (nSPS) is 12.4. The second-order valence-corrected chi connectivity index (χ2v) is 5.32. The quantitative estimate of drug-likeness (QED) is 0.823. The first-order valence-corrected chi connectivity index (χ1v) is 6.83. The first-order valence-electron chi connectivity index (χ1n) is 6.83. The molecule has 112 valence electrons. The fourth-order valence-corrected chi connectivity index (χ4v) is 2.22. The van der Waals surface area contributed by atoms with Gasteiger partial charge in [0.05, 0.1) is 24.4 Å². The molecule has 0 saturated carbocycles. The fraction of sp³-hybridized carbons (Fsp3) is 0.400. The number of nitrogens with one attached hydrogen (secondary N) is 2. The summed E-state index contributed by atoms with van der Waals surface area (Å²) in [4.78, 5) is 24.2. The van der Waals surface area contributed by atoms with Gasteiger partial charge >= 0.3 is 5.97 Å². The highest BCUT2D eigenvalue weighted by Gasteiger charge is 2.24. The van der Waals surface area contributed by atoms with Crippen LogP contribution in [0.4, 0.5) is 0 Å². The molecule has 2 aromatic rings. The molecule has 6 nitrogen and oxygen atoms in total. The van der Waals surface area contributed by atoms with Gasteiger partial charge < -0.3 is 10.1 Å². The Kier molecular flexibility index (Phi) is 4.57. The number of carbonyl (C=O) groups excluding carboxylic acids is 2. The van der Waals surface area contributed by atoms with Crippen LogP contribution in [0.15, 0.2) is 24.4 Å². The van der Waals surface area contributed by atoms with Gasteiger partial charge in [0, 0.05) is 5.39 Å². The molecule has 1 atom stereocenters. The molecule has 1 aromatic carbocycles. The van der Waals surface area contributed by atoms with Crippen LogP contribution < -0.4 is 5.32 Å². The molecule has 0 unspecified atom stereocenters. The van der Waals surface area contributed by atoms with E-state index in [0.717, 1.165) is 5.39 Å². The Morgan fingerprint density at radius 2 is 2.14 bits per heavy atom. The Morgan fingerprint density at radius 3 is 2.81 bits per heavy atom. The highest BCUT2D eigenvalue weighted by atomic mass is 16.5. The number of fused-ring (bicyclic) bond motifs is 1. The van der Waals surface area contributed by atoms with Gasteiger partial charge in [-0.15, -0.1) is 0 Å². The lowest BCUT2D eigenvalue weighted by Crippen LogP contribution is -2.42. The van der Waals surface area contributed by atoms with Crippen molar-refractivity contribution in [2.75, 3.05) is 7.11 Å². The fourth-order valence-electron chi connectivity index (χ4n) is 2.22. The molecule has 21 heavy (non-hydrogen) atoms. The third kappa shape index (κ3) is 3.39. The number of para-hydroxylation sites is 1. The van der Waals surface area contributed by atoms with Gasteiger partial charge in [-0.25, -0.2) is 4.79 Å². The zero-order chi connectivity index (χ0) is 15.4. The second kappa shape index (κ2) is 6.39. The summed E-state index contributed by atoms with van der Waals surface area (Å²) in [7, 11) is 1.32. The van der Waals surface area contributed by atoms with Crippen LogP contribution in [0.1, 0.15) is 30.6 Å². The van der Waals surface area contributed by atoms with E-state index in [-0.39, 0.29) is 11.8 Å². The van der Waals surface area contributed by atoms with E-state index < -0.39 is 12.0 Å². The van der Waals surface area contributed by atoms with Gasteiger partial charge in [-0.2, -0.15) is 5.10 Å². The van der Waals surface area contributed by atoms with Gasteiger partial charge in [0.1, 0.15) is 6.04 Å². The third-order valence-electron chi connectivity index (χ3n) is 3.22. The molecule has 1 heterocycles. The number of carbonyl (C=O) groups is 2. The average Bonchev–Trinajstić information content (AvgIpc) is 2.93. The van der Waals surface area contributed by atoms with Gasteiger partial charge in [-0.3, -0.25) is 9.89 Å². The Labute approximate surface area is 122 Å². The molecule has 2 N–H and O–H groups in total. The van der Waals surface area contributed by atoms with E-state index in [4.69, 9.17) is 4.74 Å². The SMILES string of the molecule is COC(=O)[C@@H](CC(C)C)NC(=O)c1cccc2cn[nH]c12. The Morgan fingerprint density at radius 1 is 1.38 bits per heavy atom. The summed E-state index contributed by atoms with van der Waals surface area (Å²) in [5, 5.41) is 10.3. The van der Waals surface area contributed by atoms with Crippen LogP contribution in [0, 0.1) is 5.92 Å². The molecule has 2 rings (SSSR count). The average molecular weight is 289 g/mol. The highest BCUT2D eigenvalue weighted by molar-refractivity contribution is 6.06. The van der Waals surface area contributed by atoms with Crippen molar-refractivity contribution in [3.63, 3.8) is 0 Å². The lowest BCUT2D eigenvalue weighted by Gasteiger charge is -2.18. The third-order valence-corrected chi connectivity index (χ3v) is 3.22. The summed E-state index contributed by atoms with van der Waals surface area (Å²) in [6.07, 6.45) is 2.18. The van der Waals surface area contributed by atoms with Crippen molar-refractivity contribution in [1.29, 1.82) is 0 Å². The molecule has 1 aromatic heterocycles. The number of hydrogen-bond acceptors (Lipinski definition) is 4. The summed E-state index contributed by atoms with van der Waals surface area (Å²) in [6, 6.07) is 4.68. The second-order valence-electron chi connectivity index (χ2n) is 5.32. The number of methoxy groups -OCH3 is 1. The summed E-state index contributed by atoms with van der Waals surface area (Å²) in [6.45, 7) is 3.97. The molecular formula is C15H19N3O3. The van der Waals surface area contributed by atoms with Gasteiger partial charge in [0.15, 0.2) is 0 Å². The first kappa shape index (κ1) is 15.0. The van der Waals surface area contributed by atoms with Crippen molar-refractivity contribution in [3.8, 4) is 0 Å². The lowest BCUT2D eigenvalue weighted by molar-refractivity contribution is -0.143. The maximum atomic E-state index is 12.4. The van der Waals surface area contributed by atoms with Crippen LogP contribution in [0.3, 0.4) is 0 Å². The predicted molar refractivity (Wildman–Crippen MR) is 78.8 cm³/mol. The largest absolute Gasteiger partial charge is 0.467 e. The summed E-state index contributed by atoms with van der Waals surface area (Å²) in [5.41, 5.74) is 1.12. The smallest absolute Gasteiger partial charge is 0.328 e. The monoisotopic (exact) mass is 289 g/mol. The number of benzene rings is 1. The number of rotatable bonds is 5. The van der Waals surface area contributed by atoms with Gasteiger partial charge in [-0.05, 0) is 18.4 Å². The van der Waals surface area contributed by atoms with Crippen LogP contribution in [0.2, 0.25) is 0 Å². The standard InChI is InChI=1S/C15H19N3O3/c1-9(2)7-12(15(20)21-3)17-14(19)11-6-4-5-10-8-16-18-13(10)11/h4-6,8-9,12H,7H2,1-3H3,(H,16,18)(H,17,19)/t12-/m1/s1. The number of aromatic amines is 1. The Hall–Kier alpha value is -2.37. The van der Waals surface area contributed by atoms with Crippen molar-refractivity contribution in [3.05, 3.63) is 30.0 Å². The number of ether oxygens (including phenoxy) is 1. The number of esters is 1. The van der Waals surface area contributed by atoms with Gasteiger partial charge in [-0.1, -0.05) is 26.0 Å². The number of hydrogen-bond donors (Lipinski definition) is 2. The molecule has 0 aliphatic heterocycles. The molecule has 0 bridgehead atoms. The number of H-pyrrole nitrogens is 1. The molecule has 0 saturated heterocycles. The van der Waals surface area contributed by atoms with E-state index in [9.17, 15) is 9.59 Å². The van der Waals surface area contributed by atoms with Crippen molar-refractivity contribution in [1.82, 2.24) is 15.5 Å². The van der Waals surface area contributed by atoms with Crippen molar-refractivity contribution >= 4 is 22.8 Å². The molecule has 0 aliphatic rings. The molecule has 0 radical (unpaired) electrons. The molecule has 6 heteroatoms. The van der Waals surface area contributed by atoms with E-state index >= 15 is 0 Å². The minimum Gasteiger partial charge on any atom is -0.467 e. The maximum Gasteiger partial charge on any atom is 0.328 e. The van der Waals surface area contributed by atoms with Crippen LogP contribution in [0.5, 0.6) is 0 Å². The van der Waals surface area contributed by atoms with Crippen LogP contribution in [-0.2, 0) is 9.53 Å². The van der Waals surface area contributed by atoms with Crippen LogP contribution >= 0.6 is 0 Å². The van der Waals surface area contributed by atoms with E-state index in [2.05, 4.69) is 15.5 Å². The Bertz CT molecular complexity index is 648. The summed E-state index contributed by atoms with van der Waals surface area (Å²) >= 11 is 0.